The molecular weight excluding hydrogens is 260 g/mol. The maximum atomic E-state index is 12.1. The Kier molecular flexibility index (Phi) is 4.36. The Morgan fingerprint density at radius 3 is 3.24 bits per heavy atom. The second-order valence-corrected chi connectivity index (χ2v) is 5.26. The van der Waals surface area contributed by atoms with Crippen LogP contribution in [-0.4, -0.2) is 41.6 Å². The normalized spacial score (nSPS) is 20.6. The fraction of sp³-hybridized carbons (Fsp3) is 0.636. The molecule has 1 aliphatic heterocycles. The van der Waals surface area contributed by atoms with E-state index in [-0.39, 0.29) is 11.9 Å². The molecule has 0 spiro atoms. The average Bonchev–Trinajstić information content (AvgIpc) is 2.77. The SMILES string of the molecule is CC1COCCN1C(=O)Cc1nc(CCl)cs1. The van der Waals surface area contributed by atoms with E-state index in [1.165, 1.54) is 11.3 Å². The number of hydrogen-bond donors (Lipinski definition) is 0. The first-order valence-electron chi connectivity index (χ1n) is 5.57. The van der Waals surface area contributed by atoms with E-state index in [9.17, 15) is 4.79 Å². The van der Waals surface area contributed by atoms with Gasteiger partial charge in [-0.25, -0.2) is 4.98 Å². The standard InChI is InChI=1S/C11H15ClN2O2S/c1-8-6-16-3-2-14(8)11(15)4-10-13-9(5-12)7-17-10/h7-8H,2-6H2,1H3. The fourth-order valence-electron chi connectivity index (χ4n) is 1.82. The van der Waals surface area contributed by atoms with Gasteiger partial charge >= 0.3 is 0 Å². The van der Waals surface area contributed by atoms with Gasteiger partial charge in [0.15, 0.2) is 0 Å². The van der Waals surface area contributed by atoms with Crippen molar-refractivity contribution in [2.75, 3.05) is 19.8 Å². The molecule has 1 atom stereocenters. The van der Waals surface area contributed by atoms with E-state index in [2.05, 4.69) is 4.98 Å². The molecule has 0 N–H and O–H groups in total. The topological polar surface area (TPSA) is 42.4 Å². The predicted molar refractivity (Wildman–Crippen MR) is 67.4 cm³/mol. The van der Waals surface area contributed by atoms with Crippen LogP contribution in [0.25, 0.3) is 0 Å². The molecule has 94 valence electrons. The van der Waals surface area contributed by atoms with E-state index >= 15 is 0 Å². The molecule has 1 unspecified atom stereocenters. The van der Waals surface area contributed by atoms with Gasteiger partial charge in [0, 0.05) is 11.9 Å². The van der Waals surface area contributed by atoms with Crippen molar-refractivity contribution in [1.82, 2.24) is 9.88 Å². The van der Waals surface area contributed by atoms with E-state index in [0.717, 1.165) is 10.7 Å². The van der Waals surface area contributed by atoms with Gasteiger partial charge in [-0.15, -0.1) is 22.9 Å². The van der Waals surface area contributed by atoms with Crippen molar-refractivity contribution in [3.05, 3.63) is 16.1 Å². The van der Waals surface area contributed by atoms with Crippen LogP contribution in [0.5, 0.6) is 0 Å². The van der Waals surface area contributed by atoms with Gasteiger partial charge in [-0.1, -0.05) is 0 Å². The Balaban J connectivity index is 1.95. The summed E-state index contributed by atoms with van der Waals surface area (Å²) in [4.78, 5) is 18.2. The number of amides is 1. The zero-order valence-corrected chi connectivity index (χ0v) is 11.3. The number of alkyl halides is 1. The maximum absolute atomic E-state index is 12.1. The second-order valence-electron chi connectivity index (χ2n) is 4.05. The van der Waals surface area contributed by atoms with Crippen molar-refractivity contribution < 1.29 is 9.53 Å². The Morgan fingerprint density at radius 2 is 2.59 bits per heavy atom. The lowest BCUT2D eigenvalue weighted by Crippen LogP contribution is -2.47. The summed E-state index contributed by atoms with van der Waals surface area (Å²) >= 11 is 7.17. The van der Waals surface area contributed by atoms with Gasteiger partial charge in [0.05, 0.1) is 37.3 Å². The monoisotopic (exact) mass is 274 g/mol. The number of aromatic nitrogens is 1. The molecule has 4 nitrogen and oxygen atoms in total. The first-order valence-corrected chi connectivity index (χ1v) is 6.98. The summed E-state index contributed by atoms with van der Waals surface area (Å²) in [7, 11) is 0. The molecule has 1 fully saturated rings. The Hall–Kier alpha value is -0.650. The molecule has 1 saturated heterocycles. The molecule has 0 saturated carbocycles. The van der Waals surface area contributed by atoms with Gasteiger partial charge in [0.25, 0.3) is 0 Å². The molecule has 6 heteroatoms. The number of thiazole rings is 1. The molecular formula is C11H15ClN2O2S. The van der Waals surface area contributed by atoms with Gasteiger partial charge in [-0.2, -0.15) is 0 Å². The van der Waals surface area contributed by atoms with Crippen LogP contribution in [-0.2, 0) is 21.8 Å². The van der Waals surface area contributed by atoms with Crippen molar-refractivity contribution in [2.45, 2.75) is 25.3 Å². The highest BCUT2D eigenvalue weighted by Crippen LogP contribution is 2.15. The number of hydrogen-bond acceptors (Lipinski definition) is 4. The summed E-state index contributed by atoms with van der Waals surface area (Å²) in [5, 5.41) is 2.74. The lowest BCUT2D eigenvalue weighted by atomic mass is 10.2. The minimum Gasteiger partial charge on any atom is -0.377 e. The Bertz CT molecular complexity index is 397. The Labute approximate surface area is 110 Å². The summed E-state index contributed by atoms with van der Waals surface area (Å²) in [5.74, 6) is 0.523. The summed E-state index contributed by atoms with van der Waals surface area (Å²) in [5.41, 5.74) is 0.842. The van der Waals surface area contributed by atoms with Crippen LogP contribution in [0, 0.1) is 0 Å². The van der Waals surface area contributed by atoms with Crippen LogP contribution in [0.3, 0.4) is 0 Å². The molecule has 2 heterocycles. The fourth-order valence-corrected chi connectivity index (χ4v) is 2.83. The highest BCUT2D eigenvalue weighted by Gasteiger charge is 2.24. The van der Waals surface area contributed by atoms with Crippen molar-refractivity contribution in [3.8, 4) is 0 Å². The van der Waals surface area contributed by atoms with E-state index in [1.807, 2.05) is 17.2 Å². The van der Waals surface area contributed by atoms with Crippen molar-refractivity contribution in [1.29, 1.82) is 0 Å². The van der Waals surface area contributed by atoms with E-state index in [4.69, 9.17) is 16.3 Å². The number of rotatable bonds is 3. The zero-order valence-electron chi connectivity index (χ0n) is 9.69. The molecule has 0 aromatic carbocycles. The minimum atomic E-state index is 0.122. The van der Waals surface area contributed by atoms with Crippen molar-refractivity contribution >= 4 is 28.8 Å². The third kappa shape index (κ3) is 3.18. The number of morpholine rings is 1. The number of ether oxygens (including phenoxy) is 1. The van der Waals surface area contributed by atoms with Crippen LogP contribution < -0.4 is 0 Å². The van der Waals surface area contributed by atoms with Gasteiger partial charge in [0.2, 0.25) is 5.91 Å². The van der Waals surface area contributed by atoms with E-state index in [1.54, 1.807) is 0 Å². The minimum absolute atomic E-state index is 0.122. The van der Waals surface area contributed by atoms with Crippen LogP contribution >= 0.6 is 22.9 Å². The molecule has 0 aliphatic carbocycles. The molecule has 1 amide bonds. The van der Waals surface area contributed by atoms with Crippen LogP contribution in [0.4, 0.5) is 0 Å². The van der Waals surface area contributed by atoms with Crippen LogP contribution in [0.15, 0.2) is 5.38 Å². The number of halogens is 1. The largest absolute Gasteiger partial charge is 0.377 e. The highest BCUT2D eigenvalue weighted by atomic mass is 35.5. The lowest BCUT2D eigenvalue weighted by Gasteiger charge is -2.33. The molecule has 2 rings (SSSR count). The smallest absolute Gasteiger partial charge is 0.229 e. The maximum Gasteiger partial charge on any atom is 0.229 e. The number of carbonyl (C=O) groups excluding carboxylic acids is 1. The highest BCUT2D eigenvalue weighted by molar-refractivity contribution is 7.09. The third-order valence-corrected chi connectivity index (χ3v) is 3.90. The molecule has 1 aromatic heterocycles. The summed E-state index contributed by atoms with van der Waals surface area (Å²) in [6, 6.07) is 0.156. The molecule has 0 radical (unpaired) electrons. The summed E-state index contributed by atoms with van der Waals surface area (Å²) < 4.78 is 5.31. The third-order valence-electron chi connectivity index (χ3n) is 2.73. The van der Waals surface area contributed by atoms with Gasteiger partial charge < -0.3 is 9.64 Å². The van der Waals surface area contributed by atoms with Crippen LogP contribution in [0.2, 0.25) is 0 Å². The first-order chi connectivity index (χ1) is 8.20. The summed E-state index contributed by atoms with van der Waals surface area (Å²) in [6.45, 7) is 3.92. The summed E-state index contributed by atoms with van der Waals surface area (Å²) in [6.07, 6.45) is 0.367. The average molecular weight is 275 g/mol. The Morgan fingerprint density at radius 1 is 1.76 bits per heavy atom. The predicted octanol–water partition coefficient (Wildman–Crippen LogP) is 1.67. The van der Waals surface area contributed by atoms with Gasteiger partial charge in [0.1, 0.15) is 5.01 Å². The zero-order chi connectivity index (χ0) is 12.3. The second kappa shape index (κ2) is 5.80. The van der Waals surface area contributed by atoms with Gasteiger partial charge in [-0.3, -0.25) is 4.79 Å². The van der Waals surface area contributed by atoms with E-state index in [0.29, 0.717) is 32.1 Å². The molecule has 17 heavy (non-hydrogen) atoms. The van der Waals surface area contributed by atoms with Crippen LogP contribution in [0.1, 0.15) is 17.6 Å². The number of nitrogens with zero attached hydrogens (tertiary/aromatic N) is 2. The molecule has 1 aromatic rings. The van der Waals surface area contributed by atoms with E-state index < -0.39 is 0 Å². The quantitative estimate of drug-likeness (QED) is 0.788. The molecule has 0 bridgehead atoms. The first kappa shape index (κ1) is 12.8. The lowest BCUT2D eigenvalue weighted by molar-refractivity contribution is -0.138. The van der Waals surface area contributed by atoms with Crippen molar-refractivity contribution in [2.24, 2.45) is 0 Å². The van der Waals surface area contributed by atoms with Crippen molar-refractivity contribution in [3.63, 3.8) is 0 Å². The molecule has 1 aliphatic rings. The number of carbonyl (C=O) groups is 1. The van der Waals surface area contributed by atoms with Gasteiger partial charge in [-0.05, 0) is 6.92 Å².